The van der Waals surface area contributed by atoms with Crippen LogP contribution in [-0.2, 0) is 16.1 Å². The Bertz CT molecular complexity index is 927. The Morgan fingerprint density at radius 1 is 1.19 bits per heavy atom. The van der Waals surface area contributed by atoms with Gasteiger partial charge in [-0.25, -0.2) is 4.79 Å². The summed E-state index contributed by atoms with van der Waals surface area (Å²) in [5.41, 5.74) is 2.53. The van der Waals surface area contributed by atoms with Crippen LogP contribution in [0.5, 0.6) is 0 Å². The highest BCUT2D eigenvalue weighted by Crippen LogP contribution is 2.18. The first-order valence-corrected chi connectivity index (χ1v) is 7.93. The number of allylic oxidation sites excluding steroid dienone is 2. The van der Waals surface area contributed by atoms with Crippen LogP contribution in [-0.4, -0.2) is 29.6 Å². The summed E-state index contributed by atoms with van der Waals surface area (Å²) in [4.78, 5) is 39.6. The summed E-state index contributed by atoms with van der Waals surface area (Å²) in [6, 6.07) is 10.7. The average Bonchev–Trinajstić information content (AvgIpc) is 2.68. The van der Waals surface area contributed by atoms with E-state index < -0.39 is 5.97 Å². The van der Waals surface area contributed by atoms with Crippen molar-refractivity contribution >= 4 is 23.6 Å². The lowest BCUT2D eigenvalue weighted by Gasteiger charge is -2.15. The second-order valence-corrected chi connectivity index (χ2v) is 5.60. The van der Waals surface area contributed by atoms with Crippen LogP contribution < -0.4 is 5.32 Å². The summed E-state index contributed by atoms with van der Waals surface area (Å²) in [6.45, 7) is 0.390. The van der Waals surface area contributed by atoms with Crippen LogP contribution in [0.1, 0.15) is 32.0 Å². The summed E-state index contributed by atoms with van der Waals surface area (Å²) in [7, 11) is 1.32. The van der Waals surface area contributed by atoms with Crippen molar-refractivity contribution in [1.29, 1.82) is 0 Å². The maximum absolute atomic E-state index is 12.4. The molecule has 0 saturated heterocycles. The Balaban J connectivity index is 1.66. The number of nitrogens with one attached hydrogen (secondary N) is 1. The van der Waals surface area contributed by atoms with Crippen LogP contribution in [0.2, 0.25) is 0 Å². The molecule has 0 amide bonds. The maximum atomic E-state index is 12.4. The van der Waals surface area contributed by atoms with Crippen molar-refractivity contribution in [2.24, 2.45) is 0 Å². The van der Waals surface area contributed by atoms with Crippen LogP contribution in [0, 0.1) is 0 Å². The standard InChI is InChI=1S/C20H16N2O4/c1-26-18(24)9-8-13-4-6-14(7-5-13)12-22-16-11-17(23)19-15(20(16)25)3-2-10-21-19/h2-11,22H,12H2,1H3/b9-8+. The SMILES string of the molecule is COC(=O)/C=C/c1ccc(CNC2=CC(=O)c3ncccc3C2=O)cc1. The molecule has 0 fully saturated rings. The largest absolute Gasteiger partial charge is 0.466 e. The minimum absolute atomic E-state index is 0.185. The molecule has 0 unspecified atom stereocenters. The van der Waals surface area contributed by atoms with Gasteiger partial charge < -0.3 is 10.1 Å². The van der Waals surface area contributed by atoms with E-state index >= 15 is 0 Å². The van der Waals surface area contributed by atoms with E-state index in [-0.39, 0.29) is 23.0 Å². The van der Waals surface area contributed by atoms with E-state index in [9.17, 15) is 14.4 Å². The fourth-order valence-corrected chi connectivity index (χ4v) is 2.50. The second-order valence-electron chi connectivity index (χ2n) is 5.60. The summed E-state index contributed by atoms with van der Waals surface area (Å²) >= 11 is 0. The molecule has 0 spiro atoms. The number of rotatable bonds is 5. The van der Waals surface area contributed by atoms with Crippen LogP contribution >= 0.6 is 0 Å². The Morgan fingerprint density at radius 2 is 1.96 bits per heavy atom. The lowest BCUT2D eigenvalue weighted by molar-refractivity contribution is -0.134. The van der Waals surface area contributed by atoms with Gasteiger partial charge in [0, 0.05) is 24.9 Å². The lowest BCUT2D eigenvalue weighted by Crippen LogP contribution is -2.27. The van der Waals surface area contributed by atoms with Crippen LogP contribution in [0.3, 0.4) is 0 Å². The number of carbonyl (C=O) groups excluding carboxylic acids is 3. The zero-order valence-electron chi connectivity index (χ0n) is 14.1. The number of benzene rings is 1. The predicted octanol–water partition coefficient (Wildman–Crippen LogP) is 2.32. The molecule has 6 nitrogen and oxygen atoms in total. The van der Waals surface area contributed by atoms with Gasteiger partial charge in [-0.2, -0.15) is 0 Å². The van der Waals surface area contributed by atoms with Gasteiger partial charge in [-0.15, -0.1) is 0 Å². The number of nitrogens with zero attached hydrogens (tertiary/aromatic N) is 1. The van der Waals surface area contributed by atoms with Gasteiger partial charge >= 0.3 is 5.97 Å². The van der Waals surface area contributed by atoms with Crippen LogP contribution in [0.4, 0.5) is 0 Å². The normalized spacial score (nSPS) is 13.3. The third kappa shape index (κ3) is 3.75. The highest BCUT2D eigenvalue weighted by molar-refractivity contribution is 6.23. The number of carbonyl (C=O) groups is 3. The average molecular weight is 348 g/mol. The smallest absolute Gasteiger partial charge is 0.330 e. The van der Waals surface area contributed by atoms with Gasteiger partial charge in [-0.3, -0.25) is 14.6 Å². The minimum Gasteiger partial charge on any atom is -0.466 e. The molecule has 1 heterocycles. The van der Waals surface area contributed by atoms with Gasteiger partial charge in [0.15, 0.2) is 0 Å². The molecule has 0 radical (unpaired) electrons. The number of fused-ring (bicyclic) bond motifs is 1. The van der Waals surface area contributed by atoms with Gasteiger partial charge in [-0.1, -0.05) is 24.3 Å². The third-order valence-electron chi connectivity index (χ3n) is 3.88. The van der Waals surface area contributed by atoms with Crippen molar-refractivity contribution in [2.75, 3.05) is 7.11 Å². The highest BCUT2D eigenvalue weighted by Gasteiger charge is 2.26. The zero-order valence-corrected chi connectivity index (χ0v) is 14.1. The number of hydrogen-bond acceptors (Lipinski definition) is 6. The second kappa shape index (κ2) is 7.57. The molecule has 130 valence electrons. The Kier molecular flexibility index (Phi) is 5.03. The molecular formula is C20H16N2O4. The molecule has 0 bridgehead atoms. The number of ether oxygens (including phenoxy) is 1. The van der Waals surface area contributed by atoms with Crippen molar-refractivity contribution in [3.8, 4) is 0 Å². The number of aromatic nitrogens is 1. The summed E-state index contributed by atoms with van der Waals surface area (Å²) in [5, 5.41) is 3.01. The van der Waals surface area contributed by atoms with Crippen molar-refractivity contribution in [3.05, 3.63) is 82.8 Å². The molecule has 1 aromatic carbocycles. The van der Waals surface area contributed by atoms with Crippen molar-refractivity contribution in [3.63, 3.8) is 0 Å². The monoisotopic (exact) mass is 348 g/mol. The van der Waals surface area contributed by atoms with Gasteiger partial charge in [0.25, 0.3) is 0 Å². The molecule has 0 atom stereocenters. The first-order valence-electron chi connectivity index (χ1n) is 7.93. The van der Waals surface area contributed by atoms with E-state index in [1.165, 1.54) is 25.5 Å². The molecule has 1 aromatic heterocycles. The number of esters is 1. The first-order chi connectivity index (χ1) is 12.6. The molecule has 3 rings (SSSR count). The lowest BCUT2D eigenvalue weighted by atomic mass is 9.97. The van der Waals surface area contributed by atoms with Crippen molar-refractivity contribution in [2.45, 2.75) is 6.54 Å². The van der Waals surface area contributed by atoms with E-state index in [2.05, 4.69) is 15.0 Å². The Morgan fingerprint density at radius 3 is 2.69 bits per heavy atom. The summed E-state index contributed by atoms with van der Waals surface area (Å²) in [6.07, 6.45) is 5.77. The topological polar surface area (TPSA) is 85.4 Å². The molecule has 0 saturated carbocycles. The molecule has 1 aliphatic rings. The molecular weight excluding hydrogens is 332 g/mol. The first kappa shape index (κ1) is 17.3. The fraction of sp³-hybridized carbons (Fsp3) is 0.100. The van der Waals surface area contributed by atoms with E-state index in [0.717, 1.165) is 11.1 Å². The van der Waals surface area contributed by atoms with Crippen LogP contribution in [0.15, 0.2) is 60.4 Å². The van der Waals surface area contributed by atoms with Gasteiger partial charge in [0.2, 0.25) is 11.6 Å². The van der Waals surface area contributed by atoms with Gasteiger partial charge in [-0.05, 0) is 29.3 Å². The fourth-order valence-electron chi connectivity index (χ4n) is 2.50. The number of hydrogen-bond donors (Lipinski definition) is 1. The molecule has 6 heteroatoms. The summed E-state index contributed by atoms with van der Waals surface area (Å²) < 4.78 is 4.54. The minimum atomic E-state index is -0.419. The van der Waals surface area contributed by atoms with E-state index in [4.69, 9.17) is 0 Å². The Hall–Kier alpha value is -3.54. The Labute approximate surface area is 150 Å². The predicted molar refractivity (Wildman–Crippen MR) is 95.3 cm³/mol. The maximum Gasteiger partial charge on any atom is 0.330 e. The number of Topliss-reactive ketones (excluding diaryl/α,β-unsaturated/α-hetero) is 1. The quantitative estimate of drug-likeness (QED) is 0.659. The molecule has 26 heavy (non-hydrogen) atoms. The molecule has 2 aromatic rings. The number of methoxy groups -OCH3 is 1. The van der Waals surface area contributed by atoms with E-state index in [1.54, 1.807) is 18.2 Å². The van der Waals surface area contributed by atoms with E-state index in [1.807, 2.05) is 24.3 Å². The molecule has 1 N–H and O–H groups in total. The third-order valence-corrected chi connectivity index (χ3v) is 3.88. The van der Waals surface area contributed by atoms with Crippen molar-refractivity contribution < 1.29 is 19.1 Å². The molecule has 0 aliphatic heterocycles. The van der Waals surface area contributed by atoms with Gasteiger partial charge in [0.1, 0.15) is 5.69 Å². The van der Waals surface area contributed by atoms with Gasteiger partial charge in [0.05, 0.1) is 18.4 Å². The number of pyridine rings is 1. The molecule has 1 aliphatic carbocycles. The van der Waals surface area contributed by atoms with Crippen molar-refractivity contribution in [1.82, 2.24) is 10.3 Å². The zero-order chi connectivity index (χ0) is 18.5. The number of ketones is 2. The van der Waals surface area contributed by atoms with E-state index in [0.29, 0.717) is 12.1 Å². The summed E-state index contributed by atoms with van der Waals surface area (Å²) in [5.74, 6) is -0.950. The highest BCUT2D eigenvalue weighted by atomic mass is 16.5. The van der Waals surface area contributed by atoms with Crippen LogP contribution in [0.25, 0.3) is 6.08 Å².